The number of hydrogen-bond acceptors (Lipinski definition) is 4. The van der Waals surface area contributed by atoms with E-state index < -0.39 is 0 Å². The Bertz CT molecular complexity index is 605. The van der Waals surface area contributed by atoms with E-state index in [9.17, 15) is 4.79 Å². The molecule has 6 heteroatoms. The van der Waals surface area contributed by atoms with Gasteiger partial charge in [-0.1, -0.05) is 0 Å². The second kappa shape index (κ2) is 5.66. The Labute approximate surface area is 121 Å². The van der Waals surface area contributed by atoms with E-state index in [-0.39, 0.29) is 6.09 Å². The molecule has 2 aromatic rings. The fourth-order valence-corrected chi connectivity index (χ4v) is 3.27. The molecule has 5 nitrogen and oxygen atoms in total. The standard InChI is InChI=1S/C14H17N3O2S/c1-11-3-10-20-12(11)13-15-4-6-16(13)7-8-17-5-2-9-19-14(17)18/h3-4,6,10H,2,5,7-9H2,1H3. The summed E-state index contributed by atoms with van der Waals surface area (Å²) in [5, 5.41) is 2.08. The third kappa shape index (κ3) is 2.56. The molecule has 0 N–H and O–H groups in total. The van der Waals surface area contributed by atoms with Crippen LogP contribution in [0.3, 0.4) is 0 Å². The maximum Gasteiger partial charge on any atom is 0.409 e. The molecule has 1 amide bonds. The summed E-state index contributed by atoms with van der Waals surface area (Å²) in [6, 6.07) is 2.10. The van der Waals surface area contributed by atoms with Crippen LogP contribution in [0.5, 0.6) is 0 Å². The van der Waals surface area contributed by atoms with Crippen molar-refractivity contribution in [2.75, 3.05) is 19.7 Å². The minimum atomic E-state index is -0.204. The molecule has 1 aliphatic heterocycles. The van der Waals surface area contributed by atoms with E-state index in [0.717, 1.165) is 25.3 Å². The van der Waals surface area contributed by atoms with Gasteiger partial charge < -0.3 is 14.2 Å². The second-order valence-corrected chi connectivity index (χ2v) is 5.75. The van der Waals surface area contributed by atoms with Crippen molar-refractivity contribution in [3.05, 3.63) is 29.4 Å². The number of ether oxygens (including phenoxy) is 1. The van der Waals surface area contributed by atoms with E-state index in [4.69, 9.17) is 4.74 Å². The van der Waals surface area contributed by atoms with E-state index in [1.165, 1.54) is 10.4 Å². The van der Waals surface area contributed by atoms with Gasteiger partial charge in [0.25, 0.3) is 0 Å². The fraction of sp³-hybridized carbons (Fsp3) is 0.429. The Morgan fingerprint density at radius 3 is 3.10 bits per heavy atom. The largest absolute Gasteiger partial charge is 0.449 e. The minimum Gasteiger partial charge on any atom is -0.449 e. The van der Waals surface area contributed by atoms with Gasteiger partial charge in [0.2, 0.25) is 0 Å². The van der Waals surface area contributed by atoms with Crippen molar-refractivity contribution in [1.29, 1.82) is 0 Å². The van der Waals surface area contributed by atoms with Crippen LogP contribution in [-0.2, 0) is 11.3 Å². The van der Waals surface area contributed by atoms with E-state index in [0.29, 0.717) is 13.2 Å². The van der Waals surface area contributed by atoms with Gasteiger partial charge in [0.15, 0.2) is 0 Å². The zero-order chi connectivity index (χ0) is 13.9. The van der Waals surface area contributed by atoms with Crippen molar-refractivity contribution in [3.63, 3.8) is 0 Å². The van der Waals surface area contributed by atoms with Crippen molar-refractivity contribution >= 4 is 17.4 Å². The predicted molar refractivity (Wildman–Crippen MR) is 77.8 cm³/mol. The van der Waals surface area contributed by atoms with Crippen LogP contribution < -0.4 is 0 Å². The summed E-state index contributed by atoms with van der Waals surface area (Å²) in [6.45, 7) is 4.81. The molecule has 0 unspecified atom stereocenters. The zero-order valence-electron chi connectivity index (χ0n) is 11.4. The van der Waals surface area contributed by atoms with Crippen molar-refractivity contribution in [2.45, 2.75) is 19.9 Å². The average molecular weight is 291 g/mol. The lowest BCUT2D eigenvalue weighted by molar-refractivity contribution is 0.0717. The topological polar surface area (TPSA) is 47.4 Å². The number of carbonyl (C=O) groups is 1. The second-order valence-electron chi connectivity index (χ2n) is 4.83. The van der Waals surface area contributed by atoms with Gasteiger partial charge in [0.1, 0.15) is 5.82 Å². The summed E-state index contributed by atoms with van der Waals surface area (Å²) >= 11 is 1.69. The number of thiophene rings is 1. The molecule has 1 saturated heterocycles. The molecule has 3 rings (SSSR count). The van der Waals surface area contributed by atoms with Gasteiger partial charge in [-0.15, -0.1) is 11.3 Å². The molecule has 0 spiro atoms. The Morgan fingerprint density at radius 2 is 2.35 bits per heavy atom. The van der Waals surface area contributed by atoms with E-state index >= 15 is 0 Å². The van der Waals surface area contributed by atoms with Crippen molar-refractivity contribution in [2.24, 2.45) is 0 Å². The number of hydrogen-bond donors (Lipinski definition) is 0. The fourth-order valence-electron chi connectivity index (χ4n) is 2.33. The molecule has 0 aliphatic carbocycles. The average Bonchev–Trinajstić information content (AvgIpc) is 3.06. The normalized spacial score (nSPS) is 15.4. The molecule has 0 bridgehead atoms. The monoisotopic (exact) mass is 291 g/mol. The third-order valence-corrected chi connectivity index (χ3v) is 4.46. The van der Waals surface area contributed by atoms with Gasteiger partial charge >= 0.3 is 6.09 Å². The molecule has 0 aromatic carbocycles. The van der Waals surface area contributed by atoms with Crippen LogP contribution in [0.2, 0.25) is 0 Å². The number of amides is 1. The maximum atomic E-state index is 11.6. The summed E-state index contributed by atoms with van der Waals surface area (Å²) < 4.78 is 7.14. The Balaban J connectivity index is 1.71. The highest BCUT2D eigenvalue weighted by atomic mass is 32.1. The zero-order valence-corrected chi connectivity index (χ0v) is 12.2. The highest BCUT2D eigenvalue weighted by molar-refractivity contribution is 7.13. The lowest BCUT2D eigenvalue weighted by Crippen LogP contribution is -2.39. The molecule has 2 aromatic heterocycles. The van der Waals surface area contributed by atoms with E-state index in [1.807, 2.05) is 12.4 Å². The first-order valence-electron chi connectivity index (χ1n) is 6.73. The number of aromatic nitrogens is 2. The van der Waals surface area contributed by atoms with Crippen molar-refractivity contribution in [1.82, 2.24) is 14.5 Å². The molecule has 20 heavy (non-hydrogen) atoms. The van der Waals surface area contributed by atoms with E-state index in [1.54, 1.807) is 16.2 Å². The molecule has 0 radical (unpaired) electrons. The first-order chi connectivity index (χ1) is 9.75. The summed E-state index contributed by atoms with van der Waals surface area (Å²) in [5.41, 5.74) is 1.24. The number of carbonyl (C=O) groups excluding carboxylic acids is 1. The number of cyclic esters (lactones) is 1. The summed E-state index contributed by atoms with van der Waals surface area (Å²) in [4.78, 5) is 19.0. The third-order valence-electron chi connectivity index (χ3n) is 3.45. The molecule has 106 valence electrons. The quantitative estimate of drug-likeness (QED) is 0.870. The summed E-state index contributed by atoms with van der Waals surface area (Å²) in [6.07, 6.45) is 4.48. The van der Waals surface area contributed by atoms with Gasteiger partial charge in [-0.05, 0) is 30.4 Å². The highest BCUT2D eigenvalue weighted by Gasteiger charge is 2.19. The Morgan fingerprint density at radius 1 is 1.45 bits per heavy atom. The number of nitrogens with zero attached hydrogens (tertiary/aromatic N) is 3. The lowest BCUT2D eigenvalue weighted by atomic mass is 10.3. The molecular weight excluding hydrogens is 274 g/mol. The smallest absolute Gasteiger partial charge is 0.409 e. The van der Waals surface area contributed by atoms with Gasteiger partial charge in [-0.3, -0.25) is 0 Å². The van der Waals surface area contributed by atoms with Crippen LogP contribution in [0.1, 0.15) is 12.0 Å². The van der Waals surface area contributed by atoms with Crippen molar-refractivity contribution in [3.8, 4) is 10.7 Å². The minimum absolute atomic E-state index is 0.204. The summed E-state index contributed by atoms with van der Waals surface area (Å²) in [5.74, 6) is 0.975. The molecule has 1 fully saturated rings. The Kier molecular flexibility index (Phi) is 3.73. The summed E-state index contributed by atoms with van der Waals surface area (Å²) in [7, 11) is 0. The molecule has 0 saturated carbocycles. The van der Waals surface area contributed by atoms with Gasteiger partial charge in [-0.25, -0.2) is 9.78 Å². The Hall–Kier alpha value is -1.82. The van der Waals surface area contributed by atoms with Crippen LogP contribution >= 0.6 is 11.3 Å². The van der Waals surface area contributed by atoms with Crippen molar-refractivity contribution < 1.29 is 9.53 Å². The first kappa shape index (κ1) is 13.2. The SMILES string of the molecule is Cc1ccsc1-c1nccn1CCN1CCCOC1=O. The van der Waals surface area contributed by atoms with Crippen LogP contribution in [0.15, 0.2) is 23.8 Å². The van der Waals surface area contributed by atoms with Gasteiger partial charge in [0.05, 0.1) is 11.5 Å². The molecular formula is C14H17N3O2S. The van der Waals surface area contributed by atoms with Crippen LogP contribution in [0.4, 0.5) is 4.79 Å². The lowest BCUT2D eigenvalue weighted by Gasteiger charge is -2.26. The number of aryl methyl sites for hydroxylation is 1. The number of rotatable bonds is 4. The number of imidazole rings is 1. The van der Waals surface area contributed by atoms with Gasteiger partial charge in [0, 0.05) is 32.0 Å². The molecule has 3 heterocycles. The van der Waals surface area contributed by atoms with E-state index in [2.05, 4.69) is 27.9 Å². The molecule has 0 atom stereocenters. The highest BCUT2D eigenvalue weighted by Crippen LogP contribution is 2.27. The predicted octanol–water partition coefficient (Wildman–Crippen LogP) is 2.76. The van der Waals surface area contributed by atoms with Crippen LogP contribution in [-0.4, -0.2) is 40.2 Å². The van der Waals surface area contributed by atoms with Gasteiger partial charge in [-0.2, -0.15) is 0 Å². The van der Waals surface area contributed by atoms with Crippen LogP contribution in [0.25, 0.3) is 10.7 Å². The maximum absolute atomic E-state index is 11.6. The van der Waals surface area contributed by atoms with Crippen LogP contribution in [0, 0.1) is 6.92 Å². The molecule has 1 aliphatic rings. The first-order valence-corrected chi connectivity index (χ1v) is 7.61.